The normalized spacial score (nSPS) is 32.0. The van der Waals surface area contributed by atoms with E-state index in [0.29, 0.717) is 6.04 Å². The van der Waals surface area contributed by atoms with E-state index in [9.17, 15) is 0 Å². The number of anilines is 1. The molecular formula is C17H27N3S. The van der Waals surface area contributed by atoms with E-state index >= 15 is 0 Å². The zero-order valence-corrected chi connectivity index (χ0v) is 13.9. The van der Waals surface area contributed by atoms with E-state index in [2.05, 4.69) is 17.1 Å². The predicted octanol–water partition coefficient (Wildman–Crippen LogP) is 3.90. The Morgan fingerprint density at radius 2 is 2.10 bits per heavy atom. The summed E-state index contributed by atoms with van der Waals surface area (Å²) in [5.41, 5.74) is 1.38. The van der Waals surface area contributed by atoms with Crippen molar-refractivity contribution in [3.8, 4) is 0 Å². The van der Waals surface area contributed by atoms with E-state index in [1.807, 2.05) is 11.3 Å². The summed E-state index contributed by atoms with van der Waals surface area (Å²) in [5.74, 6) is 0.948. The minimum Gasteiger partial charge on any atom is -0.345 e. The van der Waals surface area contributed by atoms with Crippen molar-refractivity contribution in [3.63, 3.8) is 0 Å². The molecule has 3 atom stereocenters. The van der Waals surface area contributed by atoms with E-state index < -0.39 is 0 Å². The Labute approximate surface area is 132 Å². The number of aryl methyl sites for hydroxylation is 1. The average molecular weight is 305 g/mol. The lowest BCUT2D eigenvalue weighted by Crippen LogP contribution is -2.42. The maximum atomic E-state index is 5.12. The van der Waals surface area contributed by atoms with Crippen LogP contribution in [0.3, 0.4) is 0 Å². The second kappa shape index (κ2) is 5.88. The number of hydrogen-bond donors (Lipinski definition) is 1. The summed E-state index contributed by atoms with van der Waals surface area (Å²) in [6.07, 6.45) is 10.9. The lowest BCUT2D eigenvalue weighted by atomic mass is 9.92. The SMILES string of the molecule is CCNC1CCCc2sc(N3CCCC4CCCC43)nc21. The molecular weight excluding hydrogens is 278 g/mol. The molecule has 0 radical (unpaired) electrons. The first-order valence-corrected chi connectivity index (χ1v) is 9.68. The van der Waals surface area contributed by atoms with Gasteiger partial charge < -0.3 is 10.2 Å². The number of fused-ring (bicyclic) bond motifs is 2. The Kier molecular flexibility index (Phi) is 3.92. The predicted molar refractivity (Wildman–Crippen MR) is 89.2 cm³/mol. The highest BCUT2D eigenvalue weighted by Gasteiger charge is 2.37. The van der Waals surface area contributed by atoms with E-state index in [4.69, 9.17) is 4.98 Å². The zero-order valence-electron chi connectivity index (χ0n) is 13.1. The fourth-order valence-corrected chi connectivity index (χ4v) is 5.91. The van der Waals surface area contributed by atoms with Crippen LogP contribution in [0.5, 0.6) is 0 Å². The van der Waals surface area contributed by atoms with E-state index in [1.54, 1.807) is 4.88 Å². The van der Waals surface area contributed by atoms with Crippen LogP contribution >= 0.6 is 11.3 Å². The molecule has 0 bridgehead atoms. The fourth-order valence-electron chi connectivity index (χ4n) is 4.66. The number of thiazole rings is 1. The topological polar surface area (TPSA) is 28.2 Å². The van der Waals surface area contributed by atoms with E-state index in [1.165, 1.54) is 68.7 Å². The highest BCUT2D eigenvalue weighted by Crippen LogP contribution is 2.43. The Morgan fingerprint density at radius 1 is 1.19 bits per heavy atom. The van der Waals surface area contributed by atoms with Gasteiger partial charge in [0, 0.05) is 17.5 Å². The molecule has 4 rings (SSSR count). The van der Waals surface area contributed by atoms with Gasteiger partial charge in [0.05, 0.1) is 11.7 Å². The van der Waals surface area contributed by atoms with Crippen LogP contribution in [-0.4, -0.2) is 24.1 Å². The summed E-state index contributed by atoms with van der Waals surface area (Å²) < 4.78 is 0. The molecule has 2 heterocycles. The van der Waals surface area contributed by atoms with Gasteiger partial charge in [-0.2, -0.15) is 0 Å². The van der Waals surface area contributed by atoms with Gasteiger partial charge in [-0.1, -0.05) is 13.3 Å². The molecule has 3 aliphatic rings. The van der Waals surface area contributed by atoms with Crippen LogP contribution in [-0.2, 0) is 6.42 Å². The van der Waals surface area contributed by atoms with Gasteiger partial charge >= 0.3 is 0 Å². The lowest BCUT2D eigenvalue weighted by molar-refractivity contribution is 0.361. The molecule has 0 spiro atoms. The summed E-state index contributed by atoms with van der Waals surface area (Å²) >= 11 is 2.00. The number of hydrogen-bond acceptors (Lipinski definition) is 4. The maximum absolute atomic E-state index is 5.12. The standard InChI is InChI=1S/C17H27N3S/c1-2-18-13-8-4-10-15-16(13)19-17(21-15)20-11-5-7-12-6-3-9-14(12)20/h12-14,18H,2-11H2,1H3. The minimum absolute atomic E-state index is 0.507. The van der Waals surface area contributed by atoms with Gasteiger partial charge in [0.2, 0.25) is 0 Å². The van der Waals surface area contributed by atoms with Crippen molar-refractivity contribution in [1.82, 2.24) is 10.3 Å². The Balaban J connectivity index is 1.61. The highest BCUT2D eigenvalue weighted by atomic mass is 32.1. The third-order valence-electron chi connectivity index (χ3n) is 5.63. The molecule has 3 unspecified atom stereocenters. The quantitative estimate of drug-likeness (QED) is 0.918. The molecule has 0 amide bonds. The average Bonchev–Trinajstić information content (AvgIpc) is 3.14. The number of rotatable bonds is 3. The summed E-state index contributed by atoms with van der Waals surface area (Å²) in [6, 6.07) is 1.30. The van der Waals surface area contributed by atoms with Gasteiger partial charge in [0.25, 0.3) is 0 Å². The molecule has 21 heavy (non-hydrogen) atoms. The van der Waals surface area contributed by atoms with Crippen LogP contribution in [0.25, 0.3) is 0 Å². The van der Waals surface area contributed by atoms with Crippen molar-refractivity contribution < 1.29 is 0 Å². The van der Waals surface area contributed by atoms with Crippen molar-refractivity contribution in [2.75, 3.05) is 18.0 Å². The largest absolute Gasteiger partial charge is 0.345 e. The van der Waals surface area contributed by atoms with Gasteiger partial charge in [-0.05, 0) is 57.4 Å². The van der Waals surface area contributed by atoms with Crippen LogP contribution < -0.4 is 10.2 Å². The number of nitrogens with one attached hydrogen (secondary N) is 1. The van der Waals surface area contributed by atoms with Gasteiger partial charge in [-0.3, -0.25) is 0 Å². The monoisotopic (exact) mass is 305 g/mol. The molecule has 1 saturated heterocycles. The van der Waals surface area contributed by atoms with Crippen LogP contribution in [0.2, 0.25) is 0 Å². The Morgan fingerprint density at radius 3 is 3.00 bits per heavy atom. The summed E-state index contributed by atoms with van der Waals surface area (Å²) in [6.45, 7) is 4.49. The Hall–Kier alpha value is -0.610. The molecule has 2 fully saturated rings. The van der Waals surface area contributed by atoms with Crippen molar-refractivity contribution >= 4 is 16.5 Å². The second-order valence-corrected chi connectivity index (χ2v) is 7.96. The zero-order chi connectivity index (χ0) is 14.2. The first-order chi connectivity index (χ1) is 10.4. The number of aromatic nitrogens is 1. The van der Waals surface area contributed by atoms with Crippen molar-refractivity contribution in [2.24, 2.45) is 5.92 Å². The van der Waals surface area contributed by atoms with Crippen LogP contribution in [0.1, 0.15) is 68.5 Å². The Bertz CT molecular complexity index is 498. The first kappa shape index (κ1) is 14.0. The molecule has 0 aromatic carbocycles. The van der Waals surface area contributed by atoms with E-state index in [-0.39, 0.29) is 0 Å². The van der Waals surface area contributed by atoms with Crippen molar-refractivity contribution in [3.05, 3.63) is 10.6 Å². The van der Waals surface area contributed by atoms with Gasteiger partial charge in [-0.15, -0.1) is 11.3 Å². The first-order valence-electron chi connectivity index (χ1n) is 8.86. The molecule has 1 aliphatic heterocycles. The van der Waals surface area contributed by atoms with Crippen molar-refractivity contribution in [2.45, 2.75) is 70.4 Å². The smallest absolute Gasteiger partial charge is 0.186 e. The molecule has 1 N–H and O–H groups in total. The van der Waals surface area contributed by atoms with Crippen LogP contribution in [0, 0.1) is 5.92 Å². The van der Waals surface area contributed by atoms with Gasteiger partial charge in [0.15, 0.2) is 5.13 Å². The third kappa shape index (κ3) is 2.50. The molecule has 2 aliphatic carbocycles. The molecule has 1 aromatic heterocycles. The second-order valence-electron chi connectivity index (χ2n) is 6.90. The van der Waals surface area contributed by atoms with Gasteiger partial charge in [-0.25, -0.2) is 4.98 Å². The molecule has 116 valence electrons. The molecule has 1 aromatic rings. The third-order valence-corrected chi connectivity index (χ3v) is 6.80. The summed E-state index contributed by atoms with van der Waals surface area (Å²) in [4.78, 5) is 9.35. The van der Waals surface area contributed by atoms with Crippen LogP contribution in [0.4, 0.5) is 5.13 Å². The molecule has 1 saturated carbocycles. The maximum Gasteiger partial charge on any atom is 0.186 e. The summed E-state index contributed by atoms with van der Waals surface area (Å²) in [7, 11) is 0. The molecule has 3 nitrogen and oxygen atoms in total. The molecule has 4 heteroatoms. The lowest BCUT2D eigenvalue weighted by Gasteiger charge is -2.37. The minimum atomic E-state index is 0.507. The highest BCUT2D eigenvalue weighted by molar-refractivity contribution is 7.15. The summed E-state index contributed by atoms with van der Waals surface area (Å²) in [5, 5.41) is 4.96. The fraction of sp³-hybridized carbons (Fsp3) is 0.824. The van der Waals surface area contributed by atoms with Crippen molar-refractivity contribution in [1.29, 1.82) is 0 Å². The van der Waals surface area contributed by atoms with Gasteiger partial charge in [0.1, 0.15) is 0 Å². The number of piperidine rings is 1. The van der Waals surface area contributed by atoms with Crippen LogP contribution in [0.15, 0.2) is 0 Å². The van der Waals surface area contributed by atoms with E-state index in [0.717, 1.165) is 18.5 Å². The number of nitrogens with zero attached hydrogens (tertiary/aromatic N) is 2.